The first-order chi connectivity index (χ1) is 17.6. The molecule has 3 rings (SSSR count). The minimum Gasteiger partial charge on any atom is -0.483 e. The van der Waals surface area contributed by atoms with Gasteiger partial charge in [-0.1, -0.05) is 0 Å². The van der Waals surface area contributed by atoms with Crippen molar-refractivity contribution in [2.24, 2.45) is 0 Å². The smallest absolute Gasteiger partial charge is 0.318 e. The second-order valence-corrected chi connectivity index (χ2v) is 8.82. The lowest BCUT2D eigenvalue weighted by Gasteiger charge is -2.39. The maximum Gasteiger partial charge on any atom is 0.318 e. The molecule has 2 heterocycles. The lowest BCUT2D eigenvalue weighted by molar-refractivity contribution is 0.0408. The van der Waals surface area contributed by atoms with E-state index in [2.05, 4.69) is 15.6 Å². The van der Waals surface area contributed by atoms with Crippen molar-refractivity contribution in [3.8, 4) is 5.75 Å². The van der Waals surface area contributed by atoms with Gasteiger partial charge in [0.15, 0.2) is 11.6 Å². The minimum absolute atomic E-state index is 0.0334. The van der Waals surface area contributed by atoms with Gasteiger partial charge < -0.3 is 36.0 Å². The molecule has 198 valence electrons. The van der Waals surface area contributed by atoms with Crippen molar-refractivity contribution >= 4 is 24.2 Å². The molecule has 0 aliphatic carbocycles. The molecule has 1 aromatic carbocycles. The summed E-state index contributed by atoms with van der Waals surface area (Å²) in [5, 5.41) is 20.8. The number of urea groups is 1. The summed E-state index contributed by atoms with van der Waals surface area (Å²) in [4.78, 5) is 20.1. The highest BCUT2D eigenvalue weighted by atomic mass is 19.1. The molecule has 1 fully saturated rings. The summed E-state index contributed by atoms with van der Waals surface area (Å²) in [6.07, 6.45) is 2.89. The Labute approximate surface area is 213 Å². The molecule has 0 radical (unpaired) electrons. The van der Waals surface area contributed by atoms with E-state index in [-0.39, 0.29) is 30.8 Å². The number of carbonyl (C=O) groups excluding carboxylic acids is 1. The molecule has 9 nitrogen and oxygen atoms in total. The molecule has 0 spiro atoms. The van der Waals surface area contributed by atoms with Gasteiger partial charge in [-0.15, -0.1) is 0 Å². The molecule has 0 bridgehead atoms. The van der Waals surface area contributed by atoms with Crippen LogP contribution in [0.4, 0.5) is 18.0 Å². The number of halogens is 3. The van der Waals surface area contributed by atoms with E-state index >= 15 is 0 Å². The van der Waals surface area contributed by atoms with Crippen LogP contribution in [0.3, 0.4) is 0 Å². The van der Waals surface area contributed by atoms with E-state index < -0.39 is 35.6 Å². The predicted molar refractivity (Wildman–Crippen MR) is 135 cm³/mol. The van der Waals surface area contributed by atoms with Crippen molar-refractivity contribution < 1.29 is 22.7 Å². The zero-order valence-electron chi connectivity index (χ0n) is 20.8. The molecule has 1 aliphatic rings. The predicted octanol–water partition coefficient (Wildman–Crippen LogP) is 3.19. The molecule has 1 aliphatic heterocycles. The molecule has 1 saturated heterocycles. The van der Waals surface area contributed by atoms with Gasteiger partial charge in [-0.05, 0) is 38.0 Å². The lowest BCUT2D eigenvalue weighted by atomic mass is 10.0. The Morgan fingerprint density at radius 2 is 1.89 bits per heavy atom. The summed E-state index contributed by atoms with van der Waals surface area (Å²) in [7, 11) is 5.42. The van der Waals surface area contributed by atoms with Crippen molar-refractivity contribution in [1.29, 1.82) is 10.8 Å². The van der Waals surface area contributed by atoms with Gasteiger partial charge in [-0.2, -0.15) is 0 Å². The first-order valence-electron chi connectivity index (χ1n) is 11.5. The van der Waals surface area contributed by atoms with Crippen LogP contribution in [0, 0.1) is 28.3 Å². The zero-order valence-corrected chi connectivity index (χ0v) is 20.8. The zero-order chi connectivity index (χ0) is 27.1. The van der Waals surface area contributed by atoms with E-state index in [9.17, 15) is 18.0 Å². The summed E-state index contributed by atoms with van der Waals surface area (Å²) < 4.78 is 47.5. The van der Waals surface area contributed by atoms with Crippen LogP contribution in [0.5, 0.6) is 5.75 Å². The second-order valence-electron chi connectivity index (χ2n) is 8.82. The van der Waals surface area contributed by atoms with Gasteiger partial charge in [0.2, 0.25) is 0 Å². The Morgan fingerprint density at radius 3 is 2.46 bits per heavy atom. The summed E-state index contributed by atoms with van der Waals surface area (Å²) in [5.41, 5.74) is 1.84. The van der Waals surface area contributed by atoms with Gasteiger partial charge in [0, 0.05) is 43.9 Å². The minimum atomic E-state index is -0.785. The van der Waals surface area contributed by atoms with E-state index in [0.717, 1.165) is 30.6 Å². The van der Waals surface area contributed by atoms with Gasteiger partial charge in [-0.25, -0.2) is 18.0 Å². The van der Waals surface area contributed by atoms with Crippen LogP contribution in [0.1, 0.15) is 23.7 Å². The quantitative estimate of drug-likeness (QED) is 0.342. The fraction of sp³-hybridized carbons (Fsp3) is 0.360. The molecular weight excluding hydrogens is 487 g/mol. The molecule has 2 amide bonds. The number of hydrogen-bond donors (Lipinski definition) is 4. The molecule has 4 N–H and O–H groups in total. The van der Waals surface area contributed by atoms with Crippen LogP contribution in [0.15, 0.2) is 36.0 Å². The van der Waals surface area contributed by atoms with Gasteiger partial charge in [0.1, 0.15) is 17.7 Å². The number of benzene rings is 1. The Balaban J connectivity index is 1.66. The number of carbonyl (C=O) groups is 1. The van der Waals surface area contributed by atoms with E-state index in [1.165, 1.54) is 17.2 Å². The third-order valence-electron chi connectivity index (χ3n) is 5.68. The number of pyridine rings is 1. The topological polar surface area (TPSA) is 117 Å². The van der Waals surface area contributed by atoms with Crippen LogP contribution in [0.2, 0.25) is 0 Å². The van der Waals surface area contributed by atoms with Gasteiger partial charge >= 0.3 is 6.03 Å². The van der Waals surface area contributed by atoms with E-state index in [1.54, 1.807) is 7.05 Å². The van der Waals surface area contributed by atoms with Crippen molar-refractivity contribution in [3.63, 3.8) is 0 Å². The lowest BCUT2D eigenvalue weighted by Crippen LogP contribution is -2.59. The Kier molecular flexibility index (Phi) is 9.23. The normalized spacial score (nSPS) is 14.9. The van der Waals surface area contributed by atoms with Crippen LogP contribution in [-0.2, 0) is 0 Å². The van der Waals surface area contributed by atoms with Crippen LogP contribution < -0.4 is 15.4 Å². The van der Waals surface area contributed by atoms with E-state index in [1.807, 2.05) is 19.0 Å². The number of aromatic nitrogens is 1. The van der Waals surface area contributed by atoms with Crippen molar-refractivity contribution in [2.45, 2.75) is 18.6 Å². The number of likely N-dealkylation sites (tertiary alicyclic amines) is 1. The van der Waals surface area contributed by atoms with Crippen molar-refractivity contribution in [1.82, 2.24) is 25.4 Å². The molecular formula is C25H30F3N7O2. The van der Waals surface area contributed by atoms with Gasteiger partial charge in [0.25, 0.3) is 0 Å². The van der Waals surface area contributed by atoms with Crippen LogP contribution in [-0.4, -0.2) is 80.1 Å². The number of likely N-dealkylation sites (N-methyl/N-ethyl adjacent to an activating group) is 1. The first-order valence-corrected chi connectivity index (χ1v) is 11.5. The van der Waals surface area contributed by atoms with E-state index in [0.29, 0.717) is 23.5 Å². The molecule has 37 heavy (non-hydrogen) atoms. The monoisotopic (exact) mass is 517 g/mol. The Hall–Kier alpha value is -3.93. The fourth-order valence-corrected chi connectivity index (χ4v) is 3.91. The van der Waals surface area contributed by atoms with Crippen molar-refractivity contribution in [3.05, 3.63) is 64.7 Å². The standard InChI is InChI=1S/C25H30F3N7O2/c1-31-24(16(10-30)12-34(2)3)22-9-23(20(28)11-32-22)37-19-13-35(14-19)25(36)33-21(4-5-29)15-6-17(26)8-18(27)7-15/h5-11,19,21,29-31H,4,12-14H2,1-3H3,(H,33,36)/b24-16+,29-5?,30-10?. The first kappa shape index (κ1) is 27.7. The fourth-order valence-electron chi connectivity index (χ4n) is 3.91. The highest BCUT2D eigenvalue weighted by molar-refractivity contribution is 5.88. The number of rotatable bonds is 11. The summed E-state index contributed by atoms with van der Waals surface area (Å²) in [6.45, 7) is 0.806. The molecule has 1 aromatic heterocycles. The highest BCUT2D eigenvalue weighted by Gasteiger charge is 2.34. The van der Waals surface area contributed by atoms with E-state index in [4.69, 9.17) is 15.6 Å². The van der Waals surface area contributed by atoms with Crippen LogP contribution >= 0.6 is 0 Å². The molecule has 12 heteroatoms. The third kappa shape index (κ3) is 7.06. The molecule has 1 unspecified atom stereocenters. The Morgan fingerprint density at radius 1 is 1.22 bits per heavy atom. The number of ether oxygens (including phenoxy) is 1. The maximum absolute atomic E-state index is 14.5. The maximum atomic E-state index is 14.5. The number of hydrogen-bond acceptors (Lipinski definition) is 7. The number of nitrogens with zero attached hydrogens (tertiary/aromatic N) is 3. The largest absolute Gasteiger partial charge is 0.483 e. The summed E-state index contributed by atoms with van der Waals surface area (Å²) in [5.74, 6) is -2.25. The summed E-state index contributed by atoms with van der Waals surface area (Å²) in [6, 6.07) is 3.12. The summed E-state index contributed by atoms with van der Waals surface area (Å²) >= 11 is 0. The molecule has 2 aromatic rings. The average molecular weight is 518 g/mol. The third-order valence-corrected chi connectivity index (χ3v) is 5.68. The van der Waals surface area contributed by atoms with Crippen molar-refractivity contribution in [2.75, 3.05) is 40.8 Å². The molecule has 1 atom stereocenters. The molecule has 0 saturated carbocycles. The average Bonchev–Trinajstić information content (AvgIpc) is 2.81. The number of amides is 2. The van der Waals surface area contributed by atoms with Gasteiger partial charge in [-0.3, -0.25) is 4.98 Å². The highest BCUT2D eigenvalue weighted by Crippen LogP contribution is 2.26. The Bertz CT molecular complexity index is 1160. The van der Waals surface area contributed by atoms with Crippen LogP contribution in [0.25, 0.3) is 5.70 Å². The van der Waals surface area contributed by atoms with Gasteiger partial charge in [0.05, 0.1) is 36.7 Å². The second kappa shape index (κ2) is 12.3. The number of nitrogens with one attached hydrogen (secondary N) is 4. The SMILES string of the molecule is CN/C(=C(\C=N)CN(C)C)c1cc(OC2CN(C(=O)NC(CC=N)c3cc(F)cc(F)c3)C2)c(F)cn1.